The van der Waals surface area contributed by atoms with Crippen LogP contribution < -0.4 is 10.6 Å². The fourth-order valence-electron chi connectivity index (χ4n) is 4.50. The number of hydrogen-bond acceptors (Lipinski definition) is 4. The van der Waals surface area contributed by atoms with E-state index in [0.717, 1.165) is 27.8 Å². The maximum atomic E-state index is 12.9. The first-order chi connectivity index (χ1) is 16.9. The van der Waals surface area contributed by atoms with Gasteiger partial charge in [-0.25, -0.2) is 4.79 Å². The number of aliphatic carboxylic acids is 1. The molecule has 4 rings (SSSR count). The molecule has 0 bridgehead atoms. The number of amides is 2. The molecule has 2 atom stereocenters. The molecule has 0 saturated heterocycles. The lowest BCUT2D eigenvalue weighted by atomic mass is 9.98. The Hall–Kier alpha value is -4.13. The fourth-order valence-corrected chi connectivity index (χ4v) is 4.50. The summed E-state index contributed by atoms with van der Waals surface area (Å²) in [5.74, 6) is -1.57. The van der Waals surface area contributed by atoms with Crippen molar-refractivity contribution in [2.45, 2.75) is 37.8 Å². The summed E-state index contributed by atoms with van der Waals surface area (Å²) in [7, 11) is 0. The lowest BCUT2D eigenvalue weighted by molar-refractivity contribution is -0.137. The van der Waals surface area contributed by atoms with Crippen molar-refractivity contribution >= 4 is 18.0 Å². The zero-order valence-corrected chi connectivity index (χ0v) is 19.4. The molecule has 0 heterocycles. The molecule has 0 aromatic heterocycles. The Morgan fingerprint density at radius 1 is 0.857 bits per heavy atom. The topological polar surface area (TPSA) is 105 Å². The molecule has 7 nitrogen and oxygen atoms in total. The van der Waals surface area contributed by atoms with E-state index in [-0.39, 0.29) is 25.4 Å². The minimum absolute atomic E-state index is 0.0925. The molecule has 0 radical (unpaired) electrons. The third-order valence-electron chi connectivity index (χ3n) is 6.10. The predicted octanol–water partition coefficient (Wildman–Crippen LogP) is 4.12. The van der Waals surface area contributed by atoms with Crippen LogP contribution in [-0.4, -0.2) is 41.8 Å². The van der Waals surface area contributed by atoms with E-state index in [9.17, 15) is 14.4 Å². The first-order valence-electron chi connectivity index (χ1n) is 11.6. The quantitative estimate of drug-likeness (QED) is 0.435. The first-order valence-corrected chi connectivity index (χ1v) is 11.6. The van der Waals surface area contributed by atoms with Crippen molar-refractivity contribution in [3.05, 3.63) is 95.6 Å². The van der Waals surface area contributed by atoms with Gasteiger partial charge in [-0.1, -0.05) is 78.9 Å². The number of carbonyl (C=O) groups is 3. The number of rotatable bonds is 9. The van der Waals surface area contributed by atoms with Gasteiger partial charge in [0.25, 0.3) is 0 Å². The molecule has 1 aliphatic rings. The minimum Gasteiger partial charge on any atom is -0.481 e. The minimum atomic E-state index is -1.01. The predicted molar refractivity (Wildman–Crippen MR) is 132 cm³/mol. The molecule has 180 valence electrons. The molecule has 0 unspecified atom stereocenters. The Bertz CT molecular complexity index is 1170. The molecular weight excluding hydrogens is 444 g/mol. The number of ether oxygens (including phenoxy) is 1. The highest BCUT2D eigenvalue weighted by Crippen LogP contribution is 2.44. The lowest BCUT2D eigenvalue weighted by Crippen LogP contribution is -2.50. The highest BCUT2D eigenvalue weighted by Gasteiger charge is 2.30. The number of nitrogens with one attached hydrogen (secondary N) is 2. The lowest BCUT2D eigenvalue weighted by Gasteiger charge is -2.21. The molecule has 0 fully saturated rings. The van der Waals surface area contributed by atoms with Crippen molar-refractivity contribution in [2.75, 3.05) is 6.61 Å². The first kappa shape index (κ1) is 24.0. The average Bonchev–Trinajstić information content (AvgIpc) is 3.16. The van der Waals surface area contributed by atoms with Gasteiger partial charge in [-0.05, 0) is 34.7 Å². The van der Waals surface area contributed by atoms with Crippen molar-refractivity contribution in [3.63, 3.8) is 0 Å². The summed E-state index contributed by atoms with van der Waals surface area (Å²) in [5.41, 5.74) is 5.32. The van der Waals surface area contributed by atoms with Gasteiger partial charge in [0.15, 0.2) is 0 Å². The van der Waals surface area contributed by atoms with Crippen molar-refractivity contribution in [1.82, 2.24) is 10.6 Å². The van der Waals surface area contributed by atoms with Crippen LogP contribution in [0, 0.1) is 0 Å². The van der Waals surface area contributed by atoms with Crippen molar-refractivity contribution in [1.29, 1.82) is 0 Å². The maximum absolute atomic E-state index is 12.9. The molecule has 0 spiro atoms. The second-order valence-electron chi connectivity index (χ2n) is 8.72. The smallest absolute Gasteiger partial charge is 0.407 e. The summed E-state index contributed by atoms with van der Waals surface area (Å²) in [4.78, 5) is 36.6. The Morgan fingerprint density at radius 2 is 1.43 bits per heavy atom. The van der Waals surface area contributed by atoms with Crippen LogP contribution in [0.15, 0.2) is 78.9 Å². The zero-order valence-electron chi connectivity index (χ0n) is 19.4. The summed E-state index contributed by atoms with van der Waals surface area (Å²) in [6, 6.07) is 23.9. The van der Waals surface area contributed by atoms with E-state index >= 15 is 0 Å². The third-order valence-corrected chi connectivity index (χ3v) is 6.10. The monoisotopic (exact) mass is 472 g/mol. The van der Waals surface area contributed by atoms with Gasteiger partial charge in [0, 0.05) is 18.4 Å². The highest BCUT2D eigenvalue weighted by molar-refractivity contribution is 5.86. The van der Waals surface area contributed by atoms with E-state index in [2.05, 4.69) is 22.8 Å². The molecule has 3 aromatic carbocycles. The summed E-state index contributed by atoms with van der Waals surface area (Å²) >= 11 is 0. The van der Waals surface area contributed by atoms with Gasteiger partial charge in [-0.15, -0.1) is 0 Å². The summed E-state index contributed by atoms with van der Waals surface area (Å²) in [6.07, 6.45) is -0.667. The number of carboxylic acid groups (broad SMARTS) is 1. The van der Waals surface area contributed by atoms with Gasteiger partial charge in [0.2, 0.25) is 5.91 Å². The van der Waals surface area contributed by atoms with E-state index in [4.69, 9.17) is 9.84 Å². The van der Waals surface area contributed by atoms with E-state index < -0.39 is 30.1 Å². The van der Waals surface area contributed by atoms with Crippen LogP contribution in [0.3, 0.4) is 0 Å². The summed E-state index contributed by atoms with van der Waals surface area (Å²) < 4.78 is 5.60. The maximum Gasteiger partial charge on any atom is 0.407 e. The number of benzene rings is 3. The van der Waals surface area contributed by atoms with E-state index in [1.165, 1.54) is 0 Å². The Morgan fingerprint density at radius 3 is 2.03 bits per heavy atom. The largest absolute Gasteiger partial charge is 0.481 e. The fraction of sp³-hybridized carbons (Fsp3) is 0.250. The molecule has 0 saturated carbocycles. The van der Waals surface area contributed by atoms with Crippen LogP contribution in [0.25, 0.3) is 11.1 Å². The van der Waals surface area contributed by atoms with Gasteiger partial charge in [0.1, 0.15) is 12.6 Å². The normalized spacial score (nSPS) is 13.7. The van der Waals surface area contributed by atoms with Crippen LogP contribution in [0.4, 0.5) is 4.79 Å². The summed E-state index contributed by atoms with van der Waals surface area (Å²) in [6.45, 7) is 1.74. The molecule has 3 aromatic rings. The Labute approximate surface area is 204 Å². The molecule has 7 heteroatoms. The SMILES string of the molecule is C[C@H](CC(=O)O)NC(=O)[C@@H](Cc1ccccc1)NC(=O)OCC1c2ccccc2-c2ccccc21. The third kappa shape index (κ3) is 5.87. The molecule has 0 aliphatic heterocycles. The number of hydrogen-bond donors (Lipinski definition) is 3. The van der Waals surface area contributed by atoms with Gasteiger partial charge in [-0.3, -0.25) is 9.59 Å². The van der Waals surface area contributed by atoms with Crippen molar-refractivity contribution < 1.29 is 24.2 Å². The van der Waals surface area contributed by atoms with E-state index in [1.54, 1.807) is 6.92 Å². The molecular formula is C28H28N2O5. The average molecular weight is 473 g/mol. The van der Waals surface area contributed by atoms with Gasteiger partial charge in [-0.2, -0.15) is 0 Å². The molecule has 3 N–H and O–H groups in total. The number of fused-ring (bicyclic) bond motifs is 3. The van der Waals surface area contributed by atoms with Crippen LogP contribution in [-0.2, 0) is 20.7 Å². The molecule has 1 aliphatic carbocycles. The van der Waals surface area contributed by atoms with Gasteiger partial charge in [0.05, 0.1) is 6.42 Å². The Kier molecular flexibility index (Phi) is 7.45. The van der Waals surface area contributed by atoms with Crippen LogP contribution in [0.1, 0.15) is 36.0 Å². The Balaban J connectivity index is 1.44. The van der Waals surface area contributed by atoms with E-state index in [0.29, 0.717) is 0 Å². The van der Waals surface area contributed by atoms with Crippen LogP contribution >= 0.6 is 0 Å². The van der Waals surface area contributed by atoms with Gasteiger partial charge < -0.3 is 20.5 Å². The van der Waals surface area contributed by atoms with Crippen LogP contribution in [0.5, 0.6) is 0 Å². The number of carboxylic acids is 1. The van der Waals surface area contributed by atoms with Crippen LogP contribution in [0.2, 0.25) is 0 Å². The molecule has 35 heavy (non-hydrogen) atoms. The standard InChI is InChI=1S/C28H28N2O5/c1-18(15-26(31)32)29-27(33)25(16-19-9-3-2-4-10-19)30-28(34)35-17-24-22-13-7-5-11-20(22)21-12-6-8-14-23(21)24/h2-14,18,24-25H,15-17H2,1H3,(H,29,33)(H,30,34)(H,31,32)/t18-,25-/m1/s1. The second-order valence-corrected chi connectivity index (χ2v) is 8.72. The van der Waals surface area contributed by atoms with Crippen molar-refractivity contribution in [3.8, 4) is 11.1 Å². The number of alkyl carbamates (subject to hydrolysis) is 1. The number of carbonyl (C=O) groups excluding carboxylic acids is 2. The highest BCUT2D eigenvalue weighted by atomic mass is 16.5. The second kappa shape index (κ2) is 10.9. The van der Waals surface area contributed by atoms with Gasteiger partial charge >= 0.3 is 12.1 Å². The molecule has 2 amide bonds. The summed E-state index contributed by atoms with van der Waals surface area (Å²) in [5, 5.41) is 14.3. The van der Waals surface area contributed by atoms with Crippen molar-refractivity contribution in [2.24, 2.45) is 0 Å². The zero-order chi connectivity index (χ0) is 24.8. The van der Waals surface area contributed by atoms with E-state index in [1.807, 2.05) is 66.7 Å².